The first-order valence-electron chi connectivity index (χ1n) is 8.68. The molecule has 1 N–H and O–H groups in total. The number of nitrogens with one attached hydrogen (secondary N) is 1. The lowest BCUT2D eigenvalue weighted by atomic mass is 10.0. The van der Waals surface area contributed by atoms with E-state index in [1.807, 2.05) is 19.1 Å². The summed E-state index contributed by atoms with van der Waals surface area (Å²) in [7, 11) is 0. The molecule has 0 spiro atoms. The molecule has 1 amide bonds. The van der Waals surface area contributed by atoms with Gasteiger partial charge in [0.05, 0.1) is 6.04 Å². The Morgan fingerprint density at radius 1 is 1.19 bits per heavy atom. The maximum Gasteiger partial charge on any atom is 0.227 e. The average molecular weight is 388 g/mol. The minimum atomic E-state index is -0.328. The number of carbonyl (C=O) groups is 1. The van der Waals surface area contributed by atoms with Gasteiger partial charge in [-0.05, 0) is 48.4 Å². The Kier molecular flexibility index (Phi) is 6.19. The van der Waals surface area contributed by atoms with Crippen molar-refractivity contribution in [1.82, 2.24) is 15.5 Å². The van der Waals surface area contributed by atoms with Gasteiger partial charge >= 0.3 is 0 Å². The molecule has 1 atom stereocenters. The molecule has 0 aliphatic rings. The van der Waals surface area contributed by atoms with E-state index in [0.29, 0.717) is 28.7 Å². The summed E-state index contributed by atoms with van der Waals surface area (Å²) < 4.78 is 18.2. The molecule has 0 radical (unpaired) electrons. The molecule has 3 rings (SSSR count). The van der Waals surface area contributed by atoms with E-state index in [4.69, 9.17) is 16.1 Å². The van der Waals surface area contributed by atoms with Crippen LogP contribution in [-0.4, -0.2) is 16.0 Å². The first-order valence-corrected chi connectivity index (χ1v) is 9.06. The molecule has 7 heteroatoms. The first-order chi connectivity index (χ1) is 13.0. The van der Waals surface area contributed by atoms with E-state index in [2.05, 4.69) is 15.5 Å². The number of amides is 1. The van der Waals surface area contributed by atoms with Crippen molar-refractivity contribution in [2.45, 2.75) is 32.2 Å². The summed E-state index contributed by atoms with van der Waals surface area (Å²) in [6.07, 6.45) is 1.33. The molecule has 0 bridgehead atoms. The van der Waals surface area contributed by atoms with Crippen molar-refractivity contribution in [3.63, 3.8) is 0 Å². The van der Waals surface area contributed by atoms with Gasteiger partial charge in [0.2, 0.25) is 17.6 Å². The molecule has 3 aromatic rings. The maximum atomic E-state index is 13.0. The highest BCUT2D eigenvalue weighted by atomic mass is 35.5. The van der Waals surface area contributed by atoms with Gasteiger partial charge in [-0.3, -0.25) is 4.79 Å². The number of halogens is 2. The van der Waals surface area contributed by atoms with E-state index in [-0.39, 0.29) is 24.2 Å². The van der Waals surface area contributed by atoms with Gasteiger partial charge in [0.25, 0.3) is 0 Å². The second-order valence-corrected chi connectivity index (χ2v) is 6.53. The molecule has 2 aromatic carbocycles. The molecule has 1 aromatic heterocycles. The highest BCUT2D eigenvalue weighted by Gasteiger charge is 2.15. The lowest BCUT2D eigenvalue weighted by Gasteiger charge is -2.17. The lowest BCUT2D eigenvalue weighted by Crippen LogP contribution is -2.28. The monoisotopic (exact) mass is 387 g/mol. The molecule has 5 nitrogen and oxygen atoms in total. The molecular weight excluding hydrogens is 369 g/mol. The zero-order valence-corrected chi connectivity index (χ0v) is 15.5. The zero-order chi connectivity index (χ0) is 19.2. The van der Waals surface area contributed by atoms with Crippen molar-refractivity contribution in [3.8, 4) is 11.4 Å². The van der Waals surface area contributed by atoms with E-state index in [0.717, 1.165) is 12.0 Å². The number of aryl methyl sites for hydroxylation is 1. The molecule has 140 valence electrons. The topological polar surface area (TPSA) is 68.0 Å². The number of aromatic nitrogens is 2. The van der Waals surface area contributed by atoms with Crippen LogP contribution in [0.25, 0.3) is 11.4 Å². The van der Waals surface area contributed by atoms with Crippen LogP contribution in [0, 0.1) is 5.82 Å². The first kappa shape index (κ1) is 19.0. The summed E-state index contributed by atoms with van der Waals surface area (Å²) in [5.41, 5.74) is 1.66. The van der Waals surface area contributed by atoms with E-state index < -0.39 is 0 Å². The van der Waals surface area contributed by atoms with Crippen LogP contribution in [0.4, 0.5) is 4.39 Å². The predicted octanol–water partition coefficient (Wildman–Crippen LogP) is 4.73. The fraction of sp³-hybridized carbons (Fsp3) is 0.250. The Morgan fingerprint density at radius 2 is 1.89 bits per heavy atom. The quantitative estimate of drug-likeness (QED) is 0.636. The second kappa shape index (κ2) is 8.77. The SMILES string of the molecule is CCC(NC(=O)CCc1nc(-c2ccc(F)cc2)no1)c1ccc(Cl)cc1. The summed E-state index contributed by atoms with van der Waals surface area (Å²) in [5.74, 6) is 0.311. The number of benzene rings is 2. The summed E-state index contributed by atoms with van der Waals surface area (Å²) in [4.78, 5) is 16.5. The predicted molar refractivity (Wildman–Crippen MR) is 101 cm³/mol. The van der Waals surface area contributed by atoms with Crippen LogP contribution in [0.2, 0.25) is 5.02 Å². The molecule has 0 aliphatic carbocycles. The van der Waals surface area contributed by atoms with Crippen molar-refractivity contribution < 1.29 is 13.7 Å². The van der Waals surface area contributed by atoms with Crippen molar-refractivity contribution in [1.29, 1.82) is 0 Å². The van der Waals surface area contributed by atoms with Crippen LogP contribution in [0.5, 0.6) is 0 Å². The van der Waals surface area contributed by atoms with Gasteiger partial charge in [0.1, 0.15) is 5.82 Å². The summed E-state index contributed by atoms with van der Waals surface area (Å²) in [6, 6.07) is 13.2. The van der Waals surface area contributed by atoms with Crippen molar-refractivity contribution in [2.24, 2.45) is 0 Å². The fourth-order valence-electron chi connectivity index (χ4n) is 2.68. The van der Waals surface area contributed by atoms with Gasteiger partial charge in [0, 0.05) is 23.4 Å². The number of carbonyl (C=O) groups excluding carboxylic acids is 1. The van der Waals surface area contributed by atoms with Crippen LogP contribution in [-0.2, 0) is 11.2 Å². The van der Waals surface area contributed by atoms with Gasteiger partial charge in [-0.15, -0.1) is 0 Å². The highest BCUT2D eigenvalue weighted by molar-refractivity contribution is 6.30. The second-order valence-electron chi connectivity index (χ2n) is 6.10. The summed E-state index contributed by atoms with van der Waals surface area (Å²) in [5, 5.41) is 7.54. The van der Waals surface area contributed by atoms with Gasteiger partial charge < -0.3 is 9.84 Å². The number of hydrogen-bond acceptors (Lipinski definition) is 4. The molecule has 0 aliphatic heterocycles. The number of hydrogen-bond donors (Lipinski definition) is 1. The summed E-state index contributed by atoms with van der Waals surface area (Å²) in [6.45, 7) is 2.01. The van der Waals surface area contributed by atoms with E-state index in [1.165, 1.54) is 12.1 Å². The van der Waals surface area contributed by atoms with Crippen LogP contribution >= 0.6 is 11.6 Å². The van der Waals surface area contributed by atoms with Gasteiger partial charge in [0.15, 0.2) is 0 Å². The average Bonchev–Trinajstić information content (AvgIpc) is 3.15. The van der Waals surface area contributed by atoms with Gasteiger partial charge in [-0.2, -0.15) is 4.98 Å². The minimum Gasteiger partial charge on any atom is -0.349 e. The molecule has 1 heterocycles. The third-order valence-electron chi connectivity index (χ3n) is 4.15. The molecule has 0 saturated heterocycles. The van der Waals surface area contributed by atoms with Gasteiger partial charge in [-0.25, -0.2) is 4.39 Å². The Balaban J connectivity index is 1.55. The zero-order valence-electron chi connectivity index (χ0n) is 14.8. The van der Waals surface area contributed by atoms with E-state index in [9.17, 15) is 9.18 Å². The smallest absolute Gasteiger partial charge is 0.227 e. The Hall–Kier alpha value is -2.73. The van der Waals surface area contributed by atoms with Crippen molar-refractivity contribution in [2.75, 3.05) is 0 Å². The third-order valence-corrected chi connectivity index (χ3v) is 4.40. The standard InChI is InChI=1S/C20H19ClFN3O2/c1-2-17(13-3-7-15(21)8-4-13)23-18(26)11-12-19-24-20(25-27-19)14-5-9-16(22)10-6-14/h3-10,17H,2,11-12H2,1H3,(H,23,26). The maximum absolute atomic E-state index is 13.0. The van der Waals surface area contributed by atoms with Crippen LogP contribution in [0.15, 0.2) is 53.1 Å². The Morgan fingerprint density at radius 3 is 2.56 bits per heavy atom. The lowest BCUT2D eigenvalue weighted by molar-refractivity contribution is -0.121. The van der Waals surface area contributed by atoms with Gasteiger partial charge in [-0.1, -0.05) is 35.8 Å². The third kappa shape index (κ3) is 5.14. The number of nitrogens with zero attached hydrogens (tertiary/aromatic N) is 2. The molecular formula is C20H19ClFN3O2. The normalized spacial score (nSPS) is 12.0. The van der Waals surface area contributed by atoms with Crippen LogP contribution in [0.1, 0.15) is 37.3 Å². The minimum absolute atomic E-state index is 0.0766. The van der Waals surface area contributed by atoms with Crippen LogP contribution < -0.4 is 5.32 Å². The molecule has 0 fully saturated rings. The molecule has 1 unspecified atom stereocenters. The molecule has 0 saturated carbocycles. The Bertz CT molecular complexity index is 894. The number of rotatable bonds is 7. The van der Waals surface area contributed by atoms with Crippen molar-refractivity contribution in [3.05, 3.63) is 70.8 Å². The van der Waals surface area contributed by atoms with Crippen LogP contribution in [0.3, 0.4) is 0 Å². The van der Waals surface area contributed by atoms with Crippen molar-refractivity contribution >= 4 is 17.5 Å². The van der Waals surface area contributed by atoms with E-state index in [1.54, 1.807) is 24.3 Å². The fourth-order valence-corrected chi connectivity index (χ4v) is 2.80. The summed E-state index contributed by atoms with van der Waals surface area (Å²) >= 11 is 5.91. The van der Waals surface area contributed by atoms with E-state index >= 15 is 0 Å². The highest BCUT2D eigenvalue weighted by Crippen LogP contribution is 2.20. The largest absolute Gasteiger partial charge is 0.349 e. The molecule has 27 heavy (non-hydrogen) atoms. The Labute approximate surface area is 161 Å².